The normalized spacial score (nSPS) is 26.1. The second-order valence-electron chi connectivity index (χ2n) is 4.89. The molecule has 1 heterocycles. The van der Waals surface area contributed by atoms with Crippen LogP contribution in [0.4, 0.5) is 4.39 Å². The molecule has 94 valence electrons. The van der Waals surface area contributed by atoms with Crippen LogP contribution in [0.2, 0.25) is 0 Å². The van der Waals surface area contributed by atoms with Crippen molar-refractivity contribution >= 4 is 0 Å². The largest absolute Gasteiger partial charge is 0.393 e. The van der Waals surface area contributed by atoms with Crippen molar-refractivity contribution in [2.75, 3.05) is 13.1 Å². The van der Waals surface area contributed by atoms with Crippen LogP contribution in [0.3, 0.4) is 0 Å². The summed E-state index contributed by atoms with van der Waals surface area (Å²) in [7, 11) is 0. The van der Waals surface area contributed by atoms with E-state index >= 15 is 0 Å². The summed E-state index contributed by atoms with van der Waals surface area (Å²) in [5.74, 6) is 0.184. The van der Waals surface area contributed by atoms with E-state index in [0.717, 1.165) is 38.0 Å². The van der Waals surface area contributed by atoms with E-state index in [9.17, 15) is 9.50 Å². The van der Waals surface area contributed by atoms with Gasteiger partial charge in [0.25, 0.3) is 0 Å². The van der Waals surface area contributed by atoms with Gasteiger partial charge < -0.3 is 5.11 Å². The maximum atomic E-state index is 13.1. The Bertz CT molecular complexity index is 369. The molecule has 0 aromatic heterocycles. The van der Waals surface area contributed by atoms with Crippen LogP contribution < -0.4 is 0 Å². The Hall–Kier alpha value is -0.930. The molecule has 0 radical (unpaired) electrons. The molecule has 0 saturated carbocycles. The molecule has 1 saturated heterocycles. The third kappa shape index (κ3) is 3.27. The number of nitrogens with zero attached hydrogens (tertiary/aromatic N) is 1. The van der Waals surface area contributed by atoms with Crippen molar-refractivity contribution in [3.63, 3.8) is 0 Å². The van der Waals surface area contributed by atoms with E-state index in [2.05, 4.69) is 11.8 Å². The lowest BCUT2D eigenvalue weighted by molar-refractivity contribution is 0.0221. The van der Waals surface area contributed by atoms with Crippen LogP contribution in [0.25, 0.3) is 0 Å². The fourth-order valence-corrected chi connectivity index (χ4v) is 2.53. The summed E-state index contributed by atoms with van der Waals surface area (Å²) in [5, 5.41) is 9.81. The maximum absolute atomic E-state index is 13.1. The fourth-order valence-electron chi connectivity index (χ4n) is 2.53. The van der Waals surface area contributed by atoms with Gasteiger partial charge in [-0.3, -0.25) is 4.90 Å². The molecule has 0 bridgehead atoms. The highest BCUT2D eigenvalue weighted by atomic mass is 19.1. The Morgan fingerprint density at radius 2 is 2.29 bits per heavy atom. The number of hydrogen-bond donors (Lipinski definition) is 1. The minimum absolute atomic E-state index is 0.163. The average Bonchev–Trinajstić information content (AvgIpc) is 2.32. The van der Waals surface area contributed by atoms with Crippen molar-refractivity contribution in [1.29, 1.82) is 0 Å². The van der Waals surface area contributed by atoms with Crippen molar-refractivity contribution in [2.24, 2.45) is 5.92 Å². The van der Waals surface area contributed by atoms with Gasteiger partial charge in [0, 0.05) is 19.6 Å². The summed E-state index contributed by atoms with van der Waals surface area (Å²) in [6, 6.07) is 6.76. The zero-order chi connectivity index (χ0) is 12.3. The summed E-state index contributed by atoms with van der Waals surface area (Å²) in [5.41, 5.74) is 1.01. The van der Waals surface area contributed by atoms with Gasteiger partial charge >= 0.3 is 0 Å². The SMILES string of the molecule is CC[C@@H]1CN(Cc2cccc(F)c2)CC[C@@H]1O. The monoisotopic (exact) mass is 237 g/mol. The standard InChI is InChI=1S/C14H20FNO/c1-2-12-10-16(7-6-14(12)17)9-11-4-3-5-13(15)8-11/h3-5,8,12,14,17H,2,6-7,9-10H2,1H3/t12-,14+/m1/s1. The fraction of sp³-hybridized carbons (Fsp3) is 0.571. The highest BCUT2D eigenvalue weighted by molar-refractivity contribution is 5.16. The third-order valence-electron chi connectivity index (χ3n) is 3.60. The molecule has 2 rings (SSSR count). The van der Waals surface area contributed by atoms with Crippen molar-refractivity contribution in [3.05, 3.63) is 35.6 Å². The van der Waals surface area contributed by atoms with Crippen molar-refractivity contribution in [3.8, 4) is 0 Å². The molecule has 1 aliphatic rings. The third-order valence-corrected chi connectivity index (χ3v) is 3.60. The highest BCUT2D eigenvalue weighted by Crippen LogP contribution is 2.21. The molecule has 0 spiro atoms. The highest BCUT2D eigenvalue weighted by Gasteiger charge is 2.26. The van der Waals surface area contributed by atoms with Crippen LogP contribution in [0.1, 0.15) is 25.3 Å². The molecule has 2 atom stereocenters. The molecule has 0 aliphatic carbocycles. The topological polar surface area (TPSA) is 23.5 Å². The quantitative estimate of drug-likeness (QED) is 0.872. The van der Waals surface area contributed by atoms with Crippen LogP contribution in [0, 0.1) is 11.7 Å². The van der Waals surface area contributed by atoms with E-state index in [1.165, 1.54) is 6.07 Å². The molecule has 3 heteroatoms. The molecule has 1 N–H and O–H groups in total. The lowest BCUT2D eigenvalue weighted by Crippen LogP contribution is -2.42. The molecule has 17 heavy (non-hydrogen) atoms. The minimum Gasteiger partial charge on any atom is -0.393 e. The second-order valence-corrected chi connectivity index (χ2v) is 4.89. The molecule has 0 unspecified atom stereocenters. The van der Waals surface area contributed by atoms with Gasteiger partial charge in [0.1, 0.15) is 5.82 Å². The number of piperidine rings is 1. The summed E-state index contributed by atoms with van der Waals surface area (Å²) >= 11 is 0. The average molecular weight is 237 g/mol. The van der Waals surface area contributed by atoms with E-state index in [0.29, 0.717) is 5.92 Å². The number of aliphatic hydroxyl groups excluding tert-OH is 1. The van der Waals surface area contributed by atoms with Gasteiger partial charge in [-0.15, -0.1) is 0 Å². The van der Waals surface area contributed by atoms with Gasteiger partial charge in [-0.25, -0.2) is 4.39 Å². The number of rotatable bonds is 3. The number of hydrogen-bond acceptors (Lipinski definition) is 2. The van der Waals surface area contributed by atoms with Crippen molar-refractivity contribution < 1.29 is 9.50 Å². The number of benzene rings is 1. The van der Waals surface area contributed by atoms with Crippen LogP contribution in [0.5, 0.6) is 0 Å². The summed E-state index contributed by atoms with van der Waals surface area (Å²) in [6.45, 7) is 4.70. The van der Waals surface area contributed by atoms with Gasteiger partial charge in [-0.1, -0.05) is 19.1 Å². The van der Waals surface area contributed by atoms with Gasteiger partial charge in [0.2, 0.25) is 0 Å². The molecule has 1 aromatic rings. The first kappa shape index (κ1) is 12.5. The first-order chi connectivity index (χ1) is 8.19. The zero-order valence-electron chi connectivity index (χ0n) is 10.3. The predicted octanol–water partition coefficient (Wildman–Crippen LogP) is 2.42. The van der Waals surface area contributed by atoms with Crippen LogP contribution >= 0.6 is 0 Å². The Morgan fingerprint density at radius 3 is 3.00 bits per heavy atom. The predicted molar refractivity (Wildman–Crippen MR) is 66.1 cm³/mol. The number of aliphatic hydroxyl groups is 1. The zero-order valence-corrected chi connectivity index (χ0v) is 10.3. The van der Waals surface area contributed by atoms with Crippen LogP contribution in [-0.4, -0.2) is 29.2 Å². The summed E-state index contributed by atoms with van der Waals surface area (Å²) in [4.78, 5) is 2.30. The minimum atomic E-state index is -0.174. The van der Waals surface area contributed by atoms with E-state index in [1.807, 2.05) is 6.07 Å². The molecule has 1 aromatic carbocycles. The molecule has 2 nitrogen and oxygen atoms in total. The molecule has 1 aliphatic heterocycles. The molecule has 1 fully saturated rings. The van der Waals surface area contributed by atoms with Gasteiger partial charge in [0.15, 0.2) is 0 Å². The smallest absolute Gasteiger partial charge is 0.123 e. The molecule has 0 amide bonds. The first-order valence-electron chi connectivity index (χ1n) is 6.34. The maximum Gasteiger partial charge on any atom is 0.123 e. The van der Waals surface area contributed by atoms with Gasteiger partial charge in [-0.2, -0.15) is 0 Å². The Labute approximate surface area is 102 Å². The van der Waals surface area contributed by atoms with Gasteiger partial charge in [0.05, 0.1) is 6.10 Å². The molecular formula is C14H20FNO. The van der Waals surface area contributed by atoms with E-state index in [4.69, 9.17) is 0 Å². The van der Waals surface area contributed by atoms with E-state index in [1.54, 1.807) is 12.1 Å². The number of likely N-dealkylation sites (tertiary alicyclic amines) is 1. The lowest BCUT2D eigenvalue weighted by atomic mass is 9.92. The Kier molecular flexibility index (Phi) is 4.13. The lowest BCUT2D eigenvalue weighted by Gasteiger charge is -2.35. The van der Waals surface area contributed by atoms with Crippen molar-refractivity contribution in [1.82, 2.24) is 4.90 Å². The summed E-state index contributed by atoms with van der Waals surface area (Å²) < 4.78 is 13.1. The van der Waals surface area contributed by atoms with Gasteiger partial charge in [-0.05, 0) is 36.5 Å². The molecular weight excluding hydrogens is 217 g/mol. The van der Waals surface area contributed by atoms with Crippen molar-refractivity contribution in [2.45, 2.75) is 32.4 Å². The number of halogens is 1. The summed E-state index contributed by atoms with van der Waals surface area (Å²) in [6.07, 6.45) is 1.66. The first-order valence-corrected chi connectivity index (χ1v) is 6.34. The van der Waals surface area contributed by atoms with Crippen LogP contribution in [-0.2, 0) is 6.54 Å². The van der Waals surface area contributed by atoms with E-state index in [-0.39, 0.29) is 11.9 Å². The van der Waals surface area contributed by atoms with E-state index < -0.39 is 0 Å². The Morgan fingerprint density at radius 1 is 1.47 bits per heavy atom. The second kappa shape index (κ2) is 5.61. The Balaban J connectivity index is 1.95. The van der Waals surface area contributed by atoms with Crippen LogP contribution in [0.15, 0.2) is 24.3 Å².